The van der Waals surface area contributed by atoms with Gasteiger partial charge in [0.15, 0.2) is 0 Å². The zero-order chi connectivity index (χ0) is 15.9. The summed E-state index contributed by atoms with van der Waals surface area (Å²) in [4.78, 5) is 37.5. The summed E-state index contributed by atoms with van der Waals surface area (Å²) in [5, 5.41) is 11.5. The number of nitrogens with zero attached hydrogens (tertiary/aromatic N) is 1. The zero-order valence-corrected chi connectivity index (χ0v) is 12.3. The van der Waals surface area contributed by atoms with E-state index in [1.54, 1.807) is 24.3 Å². The lowest BCUT2D eigenvalue weighted by Gasteiger charge is -2.32. The molecule has 22 heavy (non-hydrogen) atoms. The lowest BCUT2D eigenvalue weighted by atomic mass is 9.99. The molecule has 6 nitrogen and oxygen atoms in total. The van der Waals surface area contributed by atoms with Gasteiger partial charge < -0.3 is 10.4 Å². The van der Waals surface area contributed by atoms with Crippen LogP contribution >= 0.6 is 0 Å². The van der Waals surface area contributed by atoms with Gasteiger partial charge in [-0.15, -0.1) is 0 Å². The van der Waals surface area contributed by atoms with E-state index in [1.165, 1.54) is 4.90 Å². The molecule has 0 aromatic heterocycles. The molecule has 0 saturated heterocycles. The first-order valence-electron chi connectivity index (χ1n) is 7.51. The maximum absolute atomic E-state index is 12.6. The minimum Gasteiger partial charge on any atom is -0.465 e. The Morgan fingerprint density at radius 2 is 1.82 bits per heavy atom. The highest BCUT2D eigenvalue weighted by Gasteiger charge is 2.48. The molecule has 6 heteroatoms. The van der Waals surface area contributed by atoms with Crippen LogP contribution in [0.15, 0.2) is 24.3 Å². The van der Waals surface area contributed by atoms with Crippen LogP contribution in [0.3, 0.4) is 0 Å². The molecule has 1 fully saturated rings. The summed E-state index contributed by atoms with van der Waals surface area (Å²) >= 11 is 0. The number of hydrogen-bond acceptors (Lipinski definition) is 3. The van der Waals surface area contributed by atoms with Crippen LogP contribution in [-0.2, 0) is 0 Å². The molecule has 2 atom stereocenters. The topological polar surface area (TPSA) is 86.7 Å². The molecule has 0 bridgehead atoms. The van der Waals surface area contributed by atoms with Gasteiger partial charge in [0.05, 0.1) is 23.2 Å². The van der Waals surface area contributed by atoms with E-state index in [1.807, 2.05) is 6.92 Å². The normalized spacial score (nSPS) is 19.8. The van der Waals surface area contributed by atoms with E-state index >= 15 is 0 Å². The Morgan fingerprint density at radius 3 is 2.23 bits per heavy atom. The first kappa shape index (κ1) is 14.6. The van der Waals surface area contributed by atoms with Crippen molar-refractivity contribution in [1.29, 1.82) is 0 Å². The van der Waals surface area contributed by atoms with Crippen LogP contribution in [0.1, 0.15) is 46.9 Å². The van der Waals surface area contributed by atoms with Crippen LogP contribution in [0.5, 0.6) is 0 Å². The van der Waals surface area contributed by atoms with Gasteiger partial charge in [-0.25, -0.2) is 4.79 Å². The number of nitrogens with one attached hydrogen (secondary N) is 1. The van der Waals surface area contributed by atoms with Gasteiger partial charge in [0.25, 0.3) is 11.8 Å². The Balaban J connectivity index is 1.95. The third-order valence-electron chi connectivity index (χ3n) is 4.39. The minimum absolute atomic E-state index is 0.180. The highest BCUT2D eigenvalue weighted by Crippen LogP contribution is 2.40. The summed E-state index contributed by atoms with van der Waals surface area (Å²) in [5.41, 5.74) is 0.812. The lowest BCUT2D eigenvalue weighted by molar-refractivity contribution is 0.0516. The third kappa shape index (κ3) is 2.34. The summed E-state index contributed by atoms with van der Waals surface area (Å²) in [7, 11) is 0. The Labute approximate surface area is 128 Å². The summed E-state index contributed by atoms with van der Waals surface area (Å²) in [6.07, 6.45) is 1.22. The van der Waals surface area contributed by atoms with Crippen LogP contribution in [0.2, 0.25) is 0 Å². The van der Waals surface area contributed by atoms with Crippen molar-refractivity contribution in [3.63, 3.8) is 0 Å². The molecule has 0 radical (unpaired) electrons. The molecule has 3 rings (SSSR count). The van der Waals surface area contributed by atoms with Gasteiger partial charge in [-0.1, -0.05) is 19.1 Å². The van der Waals surface area contributed by atoms with Gasteiger partial charge in [0, 0.05) is 0 Å². The molecule has 116 valence electrons. The van der Waals surface area contributed by atoms with Crippen molar-refractivity contribution < 1.29 is 19.5 Å². The molecule has 0 unspecified atom stereocenters. The van der Waals surface area contributed by atoms with Gasteiger partial charge in [0.2, 0.25) is 0 Å². The molecule has 1 aliphatic heterocycles. The number of carbonyl (C=O) groups excluding carboxylic acids is 2. The van der Waals surface area contributed by atoms with Crippen LogP contribution < -0.4 is 5.32 Å². The highest BCUT2D eigenvalue weighted by molar-refractivity contribution is 6.21. The zero-order valence-electron chi connectivity index (χ0n) is 12.3. The Hall–Kier alpha value is -2.37. The molecule has 1 heterocycles. The monoisotopic (exact) mass is 302 g/mol. The van der Waals surface area contributed by atoms with Crippen molar-refractivity contribution in [3.8, 4) is 0 Å². The van der Waals surface area contributed by atoms with E-state index in [2.05, 4.69) is 5.32 Å². The quantitative estimate of drug-likeness (QED) is 0.816. The molecule has 1 aromatic rings. The number of amides is 3. The molecule has 2 N–H and O–H groups in total. The second-order valence-electron chi connectivity index (χ2n) is 5.82. The van der Waals surface area contributed by atoms with E-state index < -0.39 is 18.2 Å². The molecule has 1 aromatic carbocycles. The van der Waals surface area contributed by atoms with Gasteiger partial charge >= 0.3 is 6.09 Å². The van der Waals surface area contributed by atoms with Gasteiger partial charge in [-0.2, -0.15) is 0 Å². The van der Waals surface area contributed by atoms with Crippen LogP contribution in [0, 0.1) is 5.92 Å². The smallest absolute Gasteiger partial charge is 0.404 e. The molecular weight excluding hydrogens is 284 g/mol. The molecule has 1 aliphatic carbocycles. The average Bonchev–Trinajstić information content (AvgIpc) is 3.30. The Bertz CT molecular complexity index is 604. The van der Waals surface area contributed by atoms with Crippen LogP contribution in [0.4, 0.5) is 4.79 Å². The molecule has 0 spiro atoms. The molecule has 3 amide bonds. The lowest BCUT2D eigenvalue weighted by Crippen LogP contribution is -2.54. The van der Waals surface area contributed by atoms with Gasteiger partial charge in [0.1, 0.15) is 0 Å². The van der Waals surface area contributed by atoms with Crippen molar-refractivity contribution in [2.45, 2.75) is 38.3 Å². The van der Waals surface area contributed by atoms with Crippen molar-refractivity contribution in [1.82, 2.24) is 10.2 Å². The summed E-state index contributed by atoms with van der Waals surface area (Å²) in [5.74, 6) is -0.453. The van der Waals surface area contributed by atoms with Crippen molar-refractivity contribution in [3.05, 3.63) is 35.4 Å². The highest BCUT2D eigenvalue weighted by atomic mass is 16.4. The van der Waals surface area contributed by atoms with E-state index in [0.29, 0.717) is 17.5 Å². The number of rotatable bonds is 5. The number of benzene rings is 1. The number of carbonyl (C=O) groups is 3. The fraction of sp³-hybridized carbons (Fsp3) is 0.438. The summed E-state index contributed by atoms with van der Waals surface area (Å²) in [6, 6.07) is 5.90. The second kappa shape index (κ2) is 5.44. The average molecular weight is 302 g/mol. The Kier molecular flexibility index (Phi) is 3.60. The number of carboxylic acid groups (broad SMARTS) is 1. The fourth-order valence-electron chi connectivity index (χ4n) is 3.22. The predicted octanol–water partition coefficient (Wildman–Crippen LogP) is 2.11. The minimum atomic E-state index is -1.13. The van der Waals surface area contributed by atoms with E-state index in [-0.39, 0.29) is 17.7 Å². The van der Waals surface area contributed by atoms with Crippen molar-refractivity contribution >= 4 is 17.9 Å². The van der Waals surface area contributed by atoms with Crippen molar-refractivity contribution in [2.75, 3.05) is 0 Å². The predicted molar refractivity (Wildman–Crippen MR) is 78.7 cm³/mol. The first-order chi connectivity index (χ1) is 10.5. The molecule has 1 saturated carbocycles. The van der Waals surface area contributed by atoms with Gasteiger partial charge in [-0.3, -0.25) is 14.5 Å². The SMILES string of the molecule is CC[C@H](NC(=O)O)[C@@H](C1CC1)N1C(=O)c2ccccc2C1=O. The van der Waals surface area contributed by atoms with E-state index in [9.17, 15) is 14.4 Å². The molecular formula is C16H18N2O4. The van der Waals surface area contributed by atoms with Crippen LogP contribution in [0.25, 0.3) is 0 Å². The van der Waals surface area contributed by atoms with Crippen molar-refractivity contribution in [2.24, 2.45) is 5.92 Å². The number of fused-ring (bicyclic) bond motifs is 1. The Morgan fingerprint density at radius 1 is 1.27 bits per heavy atom. The largest absolute Gasteiger partial charge is 0.465 e. The number of hydrogen-bond donors (Lipinski definition) is 2. The fourth-order valence-corrected chi connectivity index (χ4v) is 3.22. The third-order valence-corrected chi connectivity index (χ3v) is 4.39. The second-order valence-corrected chi connectivity index (χ2v) is 5.82. The number of imide groups is 1. The van der Waals surface area contributed by atoms with E-state index in [0.717, 1.165) is 12.8 Å². The maximum Gasteiger partial charge on any atom is 0.404 e. The maximum atomic E-state index is 12.6. The standard InChI is InChI=1S/C16H18N2O4/c1-2-12(17-16(21)22)13(9-7-8-9)18-14(19)10-5-3-4-6-11(10)15(18)20/h3-6,9,12-13,17H,2,7-8H2,1H3,(H,21,22)/t12-,13+/m0/s1. The first-order valence-corrected chi connectivity index (χ1v) is 7.51. The molecule has 2 aliphatic rings. The van der Waals surface area contributed by atoms with Crippen LogP contribution in [-0.4, -0.2) is 40.0 Å². The van der Waals surface area contributed by atoms with Gasteiger partial charge in [-0.05, 0) is 37.3 Å². The van der Waals surface area contributed by atoms with E-state index in [4.69, 9.17) is 5.11 Å². The summed E-state index contributed by atoms with van der Waals surface area (Å²) in [6.45, 7) is 1.86. The summed E-state index contributed by atoms with van der Waals surface area (Å²) < 4.78 is 0.